The molecule has 0 radical (unpaired) electrons. The summed E-state index contributed by atoms with van der Waals surface area (Å²) in [7, 11) is 0. The van der Waals surface area contributed by atoms with Crippen molar-refractivity contribution < 1.29 is 4.79 Å². The molecule has 0 spiro atoms. The van der Waals surface area contributed by atoms with Gasteiger partial charge in [-0.3, -0.25) is 4.79 Å². The van der Waals surface area contributed by atoms with Crippen molar-refractivity contribution in [2.75, 3.05) is 0 Å². The SMILES string of the molecule is C=C/C(=C\CC)C(C)=O.CC. The van der Waals surface area contributed by atoms with Crippen molar-refractivity contribution in [3.8, 4) is 0 Å². The fraction of sp³-hybridized carbons (Fsp3) is 0.500. The summed E-state index contributed by atoms with van der Waals surface area (Å²) in [4.78, 5) is 10.6. The Hall–Kier alpha value is -0.850. The number of allylic oxidation sites excluding steroid dienone is 3. The van der Waals surface area contributed by atoms with Crippen LogP contribution >= 0.6 is 0 Å². The fourth-order valence-electron chi connectivity index (χ4n) is 0.591. The lowest BCUT2D eigenvalue weighted by Gasteiger charge is -1.90. The van der Waals surface area contributed by atoms with E-state index in [4.69, 9.17) is 0 Å². The van der Waals surface area contributed by atoms with Crippen molar-refractivity contribution in [2.24, 2.45) is 0 Å². The first-order valence-electron chi connectivity index (χ1n) is 4.06. The lowest BCUT2D eigenvalue weighted by Crippen LogP contribution is -1.91. The molecule has 0 aromatic carbocycles. The molecule has 0 N–H and O–H groups in total. The van der Waals surface area contributed by atoms with Crippen LogP contribution < -0.4 is 0 Å². The van der Waals surface area contributed by atoms with Crippen molar-refractivity contribution in [3.05, 3.63) is 24.3 Å². The quantitative estimate of drug-likeness (QED) is 0.451. The second-order valence-electron chi connectivity index (χ2n) is 1.83. The second kappa shape index (κ2) is 9.15. The molecule has 0 aliphatic rings. The number of rotatable bonds is 3. The Morgan fingerprint density at radius 1 is 1.45 bits per heavy atom. The standard InChI is InChI=1S/C8H12O.C2H6/c1-4-6-8(5-2)7(3)9;1-2/h5-6H,2,4H2,1,3H3;1-2H3/b8-6+;. The van der Waals surface area contributed by atoms with Crippen molar-refractivity contribution in [1.82, 2.24) is 0 Å². The monoisotopic (exact) mass is 154 g/mol. The van der Waals surface area contributed by atoms with Gasteiger partial charge >= 0.3 is 0 Å². The molecule has 1 heteroatoms. The van der Waals surface area contributed by atoms with E-state index >= 15 is 0 Å². The molecule has 1 nitrogen and oxygen atoms in total. The van der Waals surface area contributed by atoms with Gasteiger partial charge in [-0.05, 0) is 13.3 Å². The Bertz CT molecular complexity index is 143. The summed E-state index contributed by atoms with van der Waals surface area (Å²) in [6, 6.07) is 0. The zero-order valence-electron chi connectivity index (χ0n) is 7.98. The van der Waals surface area contributed by atoms with Gasteiger partial charge in [0.05, 0.1) is 0 Å². The third-order valence-corrected chi connectivity index (χ3v) is 1.05. The maximum absolute atomic E-state index is 10.6. The molecular formula is C10H18O. The average Bonchev–Trinajstić information content (AvgIpc) is 2.03. The predicted octanol–water partition coefficient (Wildman–Crippen LogP) is 3.12. The molecule has 0 aromatic heterocycles. The van der Waals surface area contributed by atoms with E-state index in [2.05, 4.69) is 6.58 Å². The van der Waals surface area contributed by atoms with Crippen molar-refractivity contribution in [3.63, 3.8) is 0 Å². The van der Waals surface area contributed by atoms with Gasteiger partial charge in [-0.15, -0.1) is 0 Å². The topological polar surface area (TPSA) is 17.1 Å². The summed E-state index contributed by atoms with van der Waals surface area (Å²) in [5, 5.41) is 0. The van der Waals surface area contributed by atoms with Crippen LogP contribution in [-0.2, 0) is 4.79 Å². The van der Waals surface area contributed by atoms with Gasteiger partial charge in [0.25, 0.3) is 0 Å². The number of carbonyl (C=O) groups excluding carboxylic acids is 1. The summed E-state index contributed by atoms with van der Waals surface area (Å²) in [6.07, 6.45) is 4.35. The summed E-state index contributed by atoms with van der Waals surface area (Å²) in [5.41, 5.74) is 0.720. The van der Waals surface area contributed by atoms with Crippen molar-refractivity contribution in [2.45, 2.75) is 34.1 Å². The first-order chi connectivity index (χ1) is 5.22. The van der Waals surface area contributed by atoms with Crippen LogP contribution in [0.15, 0.2) is 24.3 Å². The highest BCUT2D eigenvalue weighted by molar-refractivity contribution is 5.95. The molecule has 0 heterocycles. The van der Waals surface area contributed by atoms with E-state index in [-0.39, 0.29) is 5.78 Å². The number of Topliss-reactive ketones (excluding diaryl/α,β-unsaturated/α-hetero) is 1. The van der Waals surface area contributed by atoms with Crippen LogP contribution in [0.4, 0.5) is 0 Å². The maximum atomic E-state index is 10.6. The van der Waals surface area contributed by atoms with E-state index in [1.54, 1.807) is 13.0 Å². The largest absolute Gasteiger partial charge is 0.295 e. The molecule has 11 heavy (non-hydrogen) atoms. The molecule has 0 saturated heterocycles. The van der Waals surface area contributed by atoms with Crippen LogP contribution in [0.2, 0.25) is 0 Å². The third-order valence-electron chi connectivity index (χ3n) is 1.05. The van der Waals surface area contributed by atoms with Crippen LogP contribution in [0.25, 0.3) is 0 Å². The summed E-state index contributed by atoms with van der Waals surface area (Å²) in [5.74, 6) is 0.0897. The Balaban J connectivity index is 0. The van der Waals surface area contributed by atoms with E-state index in [0.29, 0.717) is 0 Å². The zero-order chi connectivity index (χ0) is 9.28. The van der Waals surface area contributed by atoms with Gasteiger partial charge in [0, 0.05) is 5.57 Å². The summed E-state index contributed by atoms with van der Waals surface area (Å²) in [6.45, 7) is 11.0. The fourth-order valence-corrected chi connectivity index (χ4v) is 0.591. The van der Waals surface area contributed by atoms with Gasteiger partial charge in [-0.25, -0.2) is 0 Å². The minimum absolute atomic E-state index is 0.0897. The molecule has 64 valence electrons. The molecule has 0 aliphatic carbocycles. The van der Waals surface area contributed by atoms with Gasteiger partial charge in [0.2, 0.25) is 0 Å². The van der Waals surface area contributed by atoms with Crippen LogP contribution in [0.3, 0.4) is 0 Å². The Morgan fingerprint density at radius 2 is 1.91 bits per heavy atom. The molecule has 0 rings (SSSR count). The van der Waals surface area contributed by atoms with Crippen LogP contribution in [0, 0.1) is 0 Å². The van der Waals surface area contributed by atoms with E-state index in [9.17, 15) is 4.79 Å². The normalized spacial score (nSPS) is 9.64. The summed E-state index contributed by atoms with van der Waals surface area (Å²) < 4.78 is 0. The van der Waals surface area contributed by atoms with E-state index in [1.165, 1.54) is 0 Å². The molecule has 0 aromatic rings. The van der Waals surface area contributed by atoms with Crippen LogP contribution in [0.1, 0.15) is 34.1 Å². The highest BCUT2D eigenvalue weighted by atomic mass is 16.1. The minimum atomic E-state index is 0.0897. The second-order valence-corrected chi connectivity index (χ2v) is 1.83. The van der Waals surface area contributed by atoms with Gasteiger partial charge in [-0.1, -0.05) is 39.5 Å². The van der Waals surface area contributed by atoms with Crippen molar-refractivity contribution in [1.29, 1.82) is 0 Å². The Morgan fingerprint density at radius 3 is 2.00 bits per heavy atom. The molecule has 0 bridgehead atoms. The molecular weight excluding hydrogens is 136 g/mol. The number of hydrogen-bond acceptors (Lipinski definition) is 1. The lowest BCUT2D eigenvalue weighted by atomic mass is 10.1. The number of carbonyl (C=O) groups is 1. The first-order valence-corrected chi connectivity index (χ1v) is 4.06. The maximum Gasteiger partial charge on any atom is 0.159 e. The smallest absolute Gasteiger partial charge is 0.159 e. The number of ketones is 1. The molecule has 0 atom stereocenters. The van der Waals surface area contributed by atoms with E-state index < -0.39 is 0 Å². The Labute approximate surface area is 69.8 Å². The van der Waals surface area contributed by atoms with Gasteiger partial charge in [0.15, 0.2) is 5.78 Å². The predicted molar refractivity (Wildman–Crippen MR) is 50.6 cm³/mol. The Kier molecular flexibility index (Phi) is 10.6. The first kappa shape index (κ1) is 12.8. The highest BCUT2D eigenvalue weighted by Crippen LogP contribution is 1.97. The van der Waals surface area contributed by atoms with E-state index in [1.807, 2.05) is 26.8 Å². The molecule has 0 aliphatic heterocycles. The van der Waals surface area contributed by atoms with Gasteiger partial charge in [-0.2, -0.15) is 0 Å². The van der Waals surface area contributed by atoms with Crippen LogP contribution in [0.5, 0.6) is 0 Å². The molecule has 0 amide bonds. The highest BCUT2D eigenvalue weighted by Gasteiger charge is 1.94. The van der Waals surface area contributed by atoms with Crippen molar-refractivity contribution >= 4 is 5.78 Å². The molecule has 0 unspecified atom stereocenters. The molecule has 0 fully saturated rings. The minimum Gasteiger partial charge on any atom is -0.295 e. The van der Waals surface area contributed by atoms with E-state index in [0.717, 1.165) is 12.0 Å². The third kappa shape index (κ3) is 7.04. The van der Waals surface area contributed by atoms with Crippen LogP contribution in [-0.4, -0.2) is 5.78 Å². The average molecular weight is 154 g/mol. The molecule has 0 saturated carbocycles. The zero-order valence-corrected chi connectivity index (χ0v) is 7.98. The number of hydrogen-bond donors (Lipinski definition) is 0. The lowest BCUT2D eigenvalue weighted by molar-refractivity contribution is -0.113. The summed E-state index contributed by atoms with van der Waals surface area (Å²) >= 11 is 0. The van der Waals surface area contributed by atoms with Gasteiger partial charge < -0.3 is 0 Å². The van der Waals surface area contributed by atoms with Gasteiger partial charge in [0.1, 0.15) is 0 Å².